The van der Waals surface area contributed by atoms with Gasteiger partial charge in [-0.25, -0.2) is 0 Å². The highest BCUT2D eigenvalue weighted by atomic mass is 32.2. The van der Waals surface area contributed by atoms with Gasteiger partial charge in [0.1, 0.15) is 0 Å². The van der Waals surface area contributed by atoms with Gasteiger partial charge in [-0.05, 0) is 59.2 Å². The molecule has 5 aromatic rings. The Morgan fingerprint density at radius 2 is 1.35 bits per heavy atom. The fourth-order valence-corrected chi connectivity index (χ4v) is 5.43. The number of rotatable bonds is 3. The number of pyridine rings is 1. The Hall–Kier alpha value is -4.33. The van der Waals surface area contributed by atoms with Crippen molar-refractivity contribution in [3.05, 3.63) is 121 Å². The lowest BCUT2D eigenvalue weighted by atomic mass is 9.98. The van der Waals surface area contributed by atoms with Crippen LogP contribution in [-0.2, 0) is 0 Å². The van der Waals surface area contributed by atoms with E-state index in [2.05, 4.69) is 113 Å². The summed E-state index contributed by atoms with van der Waals surface area (Å²) in [6.45, 7) is 0. The van der Waals surface area contributed by atoms with Crippen molar-refractivity contribution in [2.75, 3.05) is 4.90 Å². The summed E-state index contributed by atoms with van der Waals surface area (Å²) in [4.78, 5) is 9.03. The molecule has 3 nitrogen and oxygen atoms in total. The molecule has 0 atom stereocenters. The number of benzene rings is 4. The van der Waals surface area contributed by atoms with Crippen molar-refractivity contribution < 1.29 is 0 Å². The highest BCUT2D eigenvalue weighted by molar-refractivity contribution is 7.99. The van der Waals surface area contributed by atoms with E-state index < -0.39 is 0 Å². The largest absolute Gasteiger partial charge is 0.308 e. The van der Waals surface area contributed by atoms with Crippen LogP contribution in [0.2, 0.25) is 0 Å². The summed E-state index contributed by atoms with van der Waals surface area (Å²) in [5, 5.41) is 9.42. The maximum atomic E-state index is 9.42. The number of nitrogens with zero attached hydrogens (tertiary/aromatic N) is 3. The van der Waals surface area contributed by atoms with E-state index in [1.807, 2.05) is 11.8 Å². The Balaban J connectivity index is 1.41. The predicted octanol–water partition coefficient (Wildman–Crippen LogP) is 8.22. The third kappa shape index (κ3) is 3.53. The minimum Gasteiger partial charge on any atom is -0.308 e. The summed E-state index contributed by atoms with van der Waals surface area (Å²) in [7, 11) is 0. The first-order valence-corrected chi connectivity index (χ1v) is 11.8. The molecular weight excluding hydrogens is 434 g/mol. The van der Waals surface area contributed by atoms with Crippen LogP contribution in [0, 0.1) is 11.3 Å². The Bertz CT molecular complexity index is 1500. The van der Waals surface area contributed by atoms with Gasteiger partial charge < -0.3 is 4.90 Å². The minimum atomic E-state index is 0.630. The van der Waals surface area contributed by atoms with Crippen LogP contribution in [0.1, 0.15) is 5.56 Å². The molecule has 160 valence electrons. The average Bonchev–Trinajstić information content (AvgIpc) is 2.92. The second-order valence-electron chi connectivity index (χ2n) is 8.03. The fourth-order valence-electron chi connectivity index (χ4n) is 4.37. The van der Waals surface area contributed by atoms with Crippen molar-refractivity contribution in [3.8, 4) is 28.3 Å². The Morgan fingerprint density at radius 1 is 0.676 bits per heavy atom. The van der Waals surface area contributed by atoms with E-state index in [0.717, 1.165) is 27.9 Å². The van der Waals surface area contributed by atoms with Crippen molar-refractivity contribution >= 4 is 28.8 Å². The first-order chi connectivity index (χ1) is 16.8. The maximum absolute atomic E-state index is 9.42. The van der Waals surface area contributed by atoms with Gasteiger partial charge in [0.25, 0.3) is 0 Å². The van der Waals surface area contributed by atoms with Gasteiger partial charge in [0, 0.05) is 33.4 Å². The first kappa shape index (κ1) is 20.3. The molecule has 4 aromatic carbocycles. The normalized spacial score (nSPS) is 11.9. The van der Waals surface area contributed by atoms with E-state index in [1.54, 1.807) is 18.5 Å². The van der Waals surface area contributed by atoms with E-state index in [-0.39, 0.29) is 0 Å². The molecule has 1 aliphatic rings. The molecule has 34 heavy (non-hydrogen) atoms. The molecule has 0 spiro atoms. The lowest BCUT2D eigenvalue weighted by molar-refractivity contribution is 1.17. The van der Waals surface area contributed by atoms with E-state index in [0.29, 0.717) is 5.56 Å². The van der Waals surface area contributed by atoms with Crippen LogP contribution >= 0.6 is 11.8 Å². The third-order valence-electron chi connectivity index (χ3n) is 6.01. The number of para-hydroxylation sites is 2. The fraction of sp³-hybridized carbons (Fsp3) is 0. The molecule has 6 rings (SSSR count). The molecule has 0 unspecified atom stereocenters. The first-order valence-electron chi connectivity index (χ1n) is 11.0. The van der Waals surface area contributed by atoms with Crippen LogP contribution in [0.15, 0.2) is 125 Å². The van der Waals surface area contributed by atoms with Gasteiger partial charge in [0.2, 0.25) is 0 Å². The quantitative estimate of drug-likeness (QED) is 0.271. The molecule has 0 aliphatic carbocycles. The molecule has 1 aliphatic heterocycles. The highest BCUT2D eigenvalue weighted by Gasteiger charge is 2.24. The van der Waals surface area contributed by atoms with Gasteiger partial charge >= 0.3 is 0 Å². The van der Waals surface area contributed by atoms with Gasteiger partial charge in [-0.15, -0.1) is 0 Å². The lowest BCUT2D eigenvalue weighted by Gasteiger charge is -2.33. The minimum absolute atomic E-state index is 0.630. The summed E-state index contributed by atoms with van der Waals surface area (Å²) in [6.07, 6.45) is 3.40. The zero-order chi connectivity index (χ0) is 22.9. The van der Waals surface area contributed by atoms with Crippen molar-refractivity contribution in [3.63, 3.8) is 0 Å². The van der Waals surface area contributed by atoms with Crippen LogP contribution in [0.3, 0.4) is 0 Å². The molecule has 1 aromatic heterocycles. The third-order valence-corrected chi connectivity index (χ3v) is 7.14. The van der Waals surface area contributed by atoms with Gasteiger partial charge in [0.15, 0.2) is 0 Å². The summed E-state index contributed by atoms with van der Waals surface area (Å²) in [6, 6.07) is 38.1. The summed E-state index contributed by atoms with van der Waals surface area (Å²) in [5.74, 6) is 0. The Kier molecular flexibility index (Phi) is 5.10. The summed E-state index contributed by atoms with van der Waals surface area (Å²) in [5.41, 5.74) is 8.25. The maximum Gasteiger partial charge on any atom is 0.0999 e. The zero-order valence-electron chi connectivity index (χ0n) is 18.2. The van der Waals surface area contributed by atoms with Gasteiger partial charge in [-0.2, -0.15) is 5.26 Å². The SMILES string of the molecule is N#Cc1ccncc1-c1ccc(-c2cccc(N3c4ccccc4Sc4ccccc43)c2)cc1. The molecule has 4 heteroatoms. The average molecular weight is 454 g/mol. The number of hydrogen-bond donors (Lipinski definition) is 0. The zero-order valence-corrected chi connectivity index (χ0v) is 19.0. The van der Waals surface area contributed by atoms with E-state index >= 15 is 0 Å². The van der Waals surface area contributed by atoms with Crippen molar-refractivity contribution in [2.24, 2.45) is 0 Å². The van der Waals surface area contributed by atoms with Gasteiger partial charge in [0.05, 0.1) is 23.0 Å². The van der Waals surface area contributed by atoms with Crippen molar-refractivity contribution in [1.82, 2.24) is 4.98 Å². The van der Waals surface area contributed by atoms with Gasteiger partial charge in [-0.3, -0.25) is 4.98 Å². The molecule has 0 saturated heterocycles. The van der Waals surface area contributed by atoms with Crippen molar-refractivity contribution in [1.29, 1.82) is 5.26 Å². The number of fused-ring (bicyclic) bond motifs is 2. The van der Waals surface area contributed by atoms with Crippen LogP contribution in [0.4, 0.5) is 17.1 Å². The number of hydrogen-bond acceptors (Lipinski definition) is 4. The van der Waals surface area contributed by atoms with Crippen LogP contribution < -0.4 is 4.90 Å². The second kappa shape index (κ2) is 8.55. The molecule has 0 radical (unpaired) electrons. The highest BCUT2D eigenvalue weighted by Crippen LogP contribution is 2.51. The number of anilines is 3. The van der Waals surface area contributed by atoms with Crippen LogP contribution in [0.25, 0.3) is 22.3 Å². The lowest BCUT2D eigenvalue weighted by Crippen LogP contribution is -2.14. The second-order valence-corrected chi connectivity index (χ2v) is 9.12. The number of aromatic nitrogens is 1. The van der Waals surface area contributed by atoms with Crippen molar-refractivity contribution in [2.45, 2.75) is 9.79 Å². The topological polar surface area (TPSA) is 39.9 Å². The standard InChI is InChI=1S/C30H19N3S/c31-19-24-16-17-32-20-26(24)22-14-12-21(13-15-22)23-6-5-7-25(18-23)33-27-8-1-3-10-29(27)34-30-11-4-2-9-28(30)33/h1-18,20H. The van der Waals surface area contributed by atoms with Gasteiger partial charge in [-0.1, -0.05) is 72.4 Å². The van der Waals surface area contributed by atoms with E-state index in [1.165, 1.54) is 21.2 Å². The molecule has 0 fully saturated rings. The molecule has 0 saturated carbocycles. The van der Waals surface area contributed by atoms with E-state index in [4.69, 9.17) is 0 Å². The smallest absolute Gasteiger partial charge is 0.0999 e. The molecule has 0 amide bonds. The molecule has 0 N–H and O–H groups in total. The predicted molar refractivity (Wildman–Crippen MR) is 139 cm³/mol. The molecule has 0 bridgehead atoms. The molecule has 2 heterocycles. The summed E-state index contributed by atoms with van der Waals surface area (Å²) < 4.78 is 0. The number of nitriles is 1. The Labute approximate surface area is 203 Å². The summed E-state index contributed by atoms with van der Waals surface area (Å²) >= 11 is 1.81. The van der Waals surface area contributed by atoms with Crippen LogP contribution in [0.5, 0.6) is 0 Å². The monoisotopic (exact) mass is 453 g/mol. The van der Waals surface area contributed by atoms with Crippen LogP contribution in [-0.4, -0.2) is 4.98 Å². The molecular formula is C30H19N3S. The van der Waals surface area contributed by atoms with E-state index in [9.17, 15) is 5.26 Å². The Morgan fingerprint density at radius 3 is 2.06 bits per heavy atom.